The molecule has 8 heteroatoms. The maximum atomic E-state index is 13.3. The van der Waals surface area contributed by atoms with Crippen molar-refractivity contribution >= 4 is 5.91 Å². The number of benzene rings is 1. The number of amides is 1. The summed E-state index contributed by atoms with van der Waals surface area (Å²) in [5.74, 6) is 0.145. The molecule has 1 heterocycles. The summed E-state index contributed by atoms with van der Waals surface area (Å²) in [6.45, 7) is 0.709. The number of hydrogen-bond acceptors (Lipinski definition) is 4. The van der Waals surface area contributed by atoms with Crippen molar-refractivity contribution in [2.24, 2.45) is 0 Å². The van der Waals surface area contributed by atoms with E-state index in [4.69, 9.17) is 5.26 Å². The van der Waals surface area contributed by atoms with Crippen LogP contribution in [0.1, 0.15) is 78.5 Å². The number of carbonyl (C=O) groups excluding carboxylic acids is 1. The van der Waals surface area contributed by atoms with Crippen molar-refractivity contribution in [2.45, 2.75) is 75.2 Å². The van der Waals surface area contributed by atoms with Crippen LogP contribution in [0.5, 0.6) is 0 Å². The first-order valence-electron chi connectivity index (χ1n) is 11.2. The van der Waals surface area contributed by atoms with Crippen molar-refractivity contribution in [3.63, 3.8) is 0 Å². The van der Waals surface area contributed by atoms with Gasteiger partial charge in [-0.25, -0.2) is 4.98 Å². The average Bonchev–Trinajstić information content (AvgIpc) is 3.64. The van der Waals surface area contributed by atoms with Crippen molar-refractivity contribution in [1.29, 1.82) is 5.26 Å². The molecule has 2 aliphatic carbocycles. The Kier molecular flexibility index (Phi) is 6.19. The maximum Gasteiger partial charge on any atom is 0.421 e. The summed E-state index contributed by atoms with van der Waals surface area (Å²) in [7, 11) is 0. The quantitative estimate of drug-likeness (QED) is 0.681. The molecule has 1 aromatic heterocycles. The Hall–Kier alpha value is -2.92. The summed E-state index contributed by atoms with van der Waals surface area (Å²) in [5, 5.41) is 19.0. The van der Waals surface area contributed by atoms with E-state index in [0.29, 0.717) is 24.1 Å². The zero-order valence-electron chi connectivity index (χ0n) is 18.3. The smallest absolute Gasteiger partial charge is 0.376 e. The van der Waals surface area contributed by atoms with Gasteiger partial charge in [0, 0.05) is 23.8 Å². The standard InChI is InChI=1S/C25H26F3N3O2/c1-24(33,25(26,27)28)19-6-2-17(3-7-19)23(32)31(22-10-11-22)21-8-4-16(5-9-21)18-12-13-30-20(14-18)15-29/h2-3,6-7,12-14,16,21-22,33H,4-5,8-11H2,1H3/t16?,21?,24-/m0/s1. The Morgan fingerprint density at radius 2 is 1.64 bits per heavy atom. The van der Waals surface area contributed by atoms with E-state index in [9.17, 15) is 23.1 Å². The SMILES string of the molecule is C[C@](O)(c1ccc(C(=O)N(C2CCC(c3ccnc(C#N)c3)CC2)C2CC2)cc1)C(F)(F)F. The number of carbonyl (C=O) groups is 1. The molecule has 4 rings (SSSR count). The summed E-state index contributed by atoms with van der Waals surface area (Å²) in [6, 6.07) is 11.2. The van der Waals surface area contributed by atoms with Crippen molar-refractivity contribution in [1.82, 2.24) is 9.88 Å². The third-order valence-electron chi connectivity index (χ3n) is 6.88. The molecule has 1 atom stereocenters. The van der Waals surface area contributed by atoms with Gasteiger partial charge in [-0.15, -0.1) is 0 Å². The minimum Gasteiger partial charge on any atom is -0.376 e. The molecule has 1 aromatic carbocycles. The van der Waals surface area contributed by atoms with Crippen LogP contribution in [-0.4, -0.2) is 39.2 Å². The number of aliphatic hydroxyl groups is 1. The highest BCUT2D eigenvalue weighted by atomic mass is 19.4. The van der Waals surface area contributed by atoms with Gasteiger partial charge in [0.15, 0.2) is 5.60 Å². The number of nitrogens with zero attached hydrogens (tertiary/aromatic N) is 3. The third-order valence-corrected chi connectivity index (χ3v) is 6.88. The zero-order valence-corrected chi connectivity index (χ0v) is 18.3. The molecule has 0 bridgehead atoms. The largest absolute Gasteiger partial charge is 0.421 e. The number of nitriles is 1. The molecule has 5 nitrogen and oxygen atoms in total. The zero-order chi connectivity index (χ0) is 23.8. The number of pyridine rings is 1. The van der Waals surface area contributed by atoms with E-state index in [0.717, 1.165) is 44.1 Å². The van der Waals surface area contributed by atoms with Gasteiger partial charge in [0.1, 0.15) is 11.8 Å². The van der Waals surface area contributed by atoms with Gasteiger partial charge in [-0.05, 0) is 86.8 Å². The van der Waals surface area contributed by atoms with Crippen molar-refractivity contribution < 1.29 is 23.1 Å². The Bertz CT molecular complexity index is 1050. The molecule has 2 aliphatic rings. The van der Waals surface area contributed by atoms with Crippen LogP contribution in [0.2, 0.25) is 0 Å². The van der Waals surface area contributed by atoms with Crippen LogP contribution in [0, 0.1) is 11.3 Å². The second-order valence-corrected chi connectivity index (χ2v) is 9.18. The summed E-state index contributed by atoms with van der Waals surface area (Å²) in [6.07, 6.45) is 2.16. The van der Waals surface area contributed by atoms with Gasteiger partial charge in [-0.2, -0.15) is 18.4 Å². The minimum atomic E-state index is -4.81. The minimum absolute atomic E-state index is 0.0801. The molecule has 1 amide bonds. The van der Waals surface area contributed by atoms with Gasteiger partial charge < -0.3 is 10.0 Å². The average molecular weight is 457 g/mol. The van der Waals surface area contributed by atoms with Gasteiger partial charge >= 0.3 is 6.18 Å². The summed E-state index contributed by atoms with van der Waals surface area (Å²) in [4.78, 5) is 19.3. The number of rotatable bonds is 5. The molecule has 174 valence electrons. The van der Waals surface area contributed by atoms with E-state index >= 15 is 0 Å². The second-order valence-electron chi connectivity index (χ2n) is 9.18. The first kappa shape index (κ1) is 23.2. The fourth-order valence-corrected chi connectivity index (χ4v) is 4.68. The lowest BCUT2D eigenvalue weighted by molar-refractivity contribution is -0.258. The summed E-state index contributed by atoms with van der Waals surface area (Å²) in [5.41, 5.74) is -1.44. The molecule has 0 aliphatic heterocycles. The van der Waals surface area contributed by atoms with Crippen LogP contribution >= 0.6 is 0 Å². The molecule has 2 aromatic rings. The van der Waals surface area contributed by atoms with Crippen molar-refractivity contribution in [2.75, 3.05) is 0 Å². The van der Waals surface area contributed by atoms with Crippen LogP contribution in [0.3, 0.4) is 0 Å². The molecule has 0 radical (unpaired) electrons. The van der Waals surface area contributed by atoms with E-state index in [-0.39, 0.29) is 23.6 Å². The Balaban J connectivity index is 1.46. The summed E-state index contributed by atoms with van der Waals surface area (Å²) < 4.78 is 39.3. The first-order valence-corrected chi connectivity index (χ1v) is 11.2. The van der Waals surface area contributed by atoms with Gasteiger partial charge in [0.2, 0.25) is 0 Å². The number of halogens is 3. The van der Waals surface area contributed by atoms with E-state index in [2.05, 4.69) is 11.1 Å². The Labute approximate surface area is 190 Å². The fourth-order valence-electron chi connectivity index (χ4n) is 4.68. The highest BCUT2D eigenvalue weighted by Crippen LogP contribution is 2.41. The molecule has 2 saturated carbocycles. The molecule has 2 fully saturated rings. The predicted octanol–water partition coefficient (Wildman–Crippen LogP) is 5.05. The van der Waals surface area contributed by atoms with Gasteiger partial charge in [-0.1, -0.05) is 12.1 Å². The molecule has 0 saturated heterocycles. The normalized spacial score (nSPS) is 22.8. The third kappa shape index (κ3) is 4.74. The van der Waals surface area contributed by atoms with Crippen molar-refractivity contribution in [3.8, 4) is 6.07 Å². The van der Waals surface area contributed by atoms with E-state index in [1.807, 2.05) is 17.0 Å². The van der Waals surface area contributed by atoms with E-state index in [1.165, 1.54) is 24.3 Å². The van der Waals surface area contributed by atoms with Gasteiger partial charge in [0.25, 0.3) is 5.91 Å². The Morgan fingerprint density at radius 3 is 2.15 bits per heavy atom. The number of alkyl halides is 3. The van der Waals surface area contributed by atoms with Crippen molar-refractivity contribution in [3.05, 3.63) is 65.0 Å². The highest BCUT2D eigenvalue weighted by molar-refractivity contribution is 5.95. The Morgan fingerprint density at radius 1 is 1.06 bits per heavy atom. The topological polar surface area (TPSA) is 77.2 Å². The first-order chi connectivity index (χ1) is 15.6. The van der Waals surface area contributed by atoms with Crippen LogP contribution in [0.15, 0.2) is 42.6 Å². The van der Waals surface area contributed by atoms with Crippen LogP contribution in [0.4, 0.5) is 13.2 Å². The number of aromatic nitrogens is 1. The maximum absolute atomic E-state index is 13.3. The van der Waals surface area contributed by atoms with Gasteiger partial charge in [0.05, 0.1) is 0 Å². The van der Waals surface area contributed by atoms with Crippen LogP contribution in [0.25, 0.3) is 0 Å². The van der Waals surface area contributed by atoms with E-state index < -0.39 is 11.8 Å². The molecule has 0 spiro atoms. The predicted molar refractivity (Wildman–Crippen MR) is 115 cm³/mol. The molecule has 0 unspecified atom stereocenters. The lowest BCUT2D eigenvalue weighted by Crippen LogP contribution is -2.44. The molecule has 1 N–H and O–H groups in total. The molecule has 33 heavy (non-hydrogen) atoms. The lowest BCUT2D eigenvalue weighted by Gasteiger charge is -2.37. The number of hydrogen-bond donors (Lipinski definition) is 1. The van der Waals surface area contributed by atoms with Crippen LogP contribution in [-0.2, 0) is 5.60 Å². The fraction of sp³-hybridized carbons (Fsp3) is 0.480. The highest BCUT2D eigenvalue weighted by Gasteiger charge is 2.51. The summed E-state index contributed by atoms with van der Waals surface area (Å²) >= 11 is 0. The lowest BCUT2D eigenvalue weighted by atomic mass is 9.81. The van der Waals surface area contributed by atoms with Crippen LogP contribution < -0.4 is 0 Å². The second kappa shape index (κ2) is 8.79. The van der Waals surface area contributed by atoms with Gasteiger partial charge in [-0.3, -0.25) is 4.79 Å². The molecular weight excluding hydrogens is 431 g/mol. The van der Waals surface area contributed by atoms with E-state index in [1.54, 1.807) is 6.20 Å². The monoisotopic (exact) mass is 457 g/mol. The molecular formula is C25H26F3N3O2.